The molecule has 6 heteroatoms. The van der Waals surface area contributed by atoms with Crippen molar-refractivity contribution in [1.29, 1.82) is 0 Å². The fraction of sp³-hybridized carbons (Fsp3) is 0.217. The van der Waals surface area contributed by atoms with E-state index in [1.54, 1.807) is 34.1 Å². The van der Waals surface area contributed by atoms with Gasteiger partial charge in [-0.05, 0) is 42.0 Å². The number of amides is 2. The topological polar surface area (TPSA) is 63.0 Å². The van der Waals surface area contributed by atoms with Gasteiger partial charge in [-0.25, -0.2) is 0 Å². The maximum absolute atomic E-state index is 12.8. The number of furan rings is 1. The van der Waals surface area contributed by atoms with Gasteiger partial charge < -0.3 is 19.0 Å². The molecule has 2 amide bonds. The number of piperazine rings is 1. The Balaban J connectivity index is 1.30. The van der Waals surface area contributed by atoms with Crippen LogP contribution in [0.5, 0.6) is 5.75 Å². The summed E-state index contributed by atoms with van der Waals surface area (Å²) >= 11 is 0. The summed E-state index contributed by atoms with van der Waals surface area (Å²) in [6, 6.07) is 20.5. The molecule has 6 nitrogen and oxygen atoms in total. The molecule has 0 N–H and O–H groups in total. The fourth-order valence-corrected chi connectivity index (χ4v) is 3.29. The van der Waals surface area contributed by atoms with Gasteiger partial charge in [-0.15, -0.1) is 0 Å². The van der Waals surface area contributed by atoms with Gasteiger partial charge in [-0.1, -0.05) is 30.3 Å². The van der Waals surface area contributed by atoms with Gasteiger partial charge in [0.25, 0.3) is 11.8 Å². The molecule has 1 aliphatic rings. The van der Waals surface area contributed by atoms with Crippen molar-refractivity contribution in [3.05, 3.63) is 89.9 Å². The summed E-state index contributed by atoms with van der Waals surface area (Å²) < 4.78 is 10.9. The van der Waals surface area contributed by atoms with Gasteiger partial charge in [-0.2, -0.15) is 0 Å². The zero-order valence-electron chi connectivity index (χ0n) is 16.0. The van der Waals surface area contributed by atoms with Crippen molar-refractivity contribution in [2.24, 2.45) is 0 Å². The predicted molar refractivity (Wildman–Crippen MR) is 108 cm³/mol. The van der Waals surface area contributed by atoms with Gasteiger partial charge in [0.15, 0.2) is 5.76 Å². The zero-order chi connectivity index (χ0) is 20.1. The minimum Gasteiger partial charge on any atom is -0.489 e. The van der Waals surface area contributed by atoms with E-state index in [9.17, 15) is 9.59 Å². The molecule has 29 heavy (non-hydrogen) atoms. The molecule has 148 valence electrons. The first-order valence-electron chi connectivity index (χ1n) is 9.59. The molecule has 0 bridgehead atoms. The number of carbonyl (C=O) groups excluding carboxylic acids is 2. The summed E-state index contributed by atoms with van der Waals surface area (Å²) in [4.78, 5) is 28.6. The molecular formula is C23H22N2O4. The first kappa shape index (κ1) is 18.8. The molecule has 0 unspecified atom stereocenters. The molecule has 2 aromatic carbocycles. The summed E-state index contributed by atoms with van der Waals surface area (Å²) in [7, 11) is 0. The molecule has 2 heterocycles. The van der Waals surface area contributed by atoms with Gasteiger partial charge in [-0.3, -0.25) is 9.59 Å². The lowest BCUT2D eigenvalue weighted by Gasteiger charge is -2.34. The number of hydrogen-bond acceptors (Lipinski definition) is 4. The van der Waals surface area contributed by atoms with Crippen LogP contribution in [0.1, 0.15) is 26.5 Å². The summed E-state index contributed by atoms with van der Waals surface area (Å²) in [5.74, 6) is 0.877. The highest BCUT2D eigenvalue weighted by molar-refractivity contribution is 5.95. The minimum absolute atomic E-state index is 0.0373. The van der Waals surface area contributed by atoms with Crippen LogP contribution in [0.25, 0.3) is 0 Å². The van der Waals surface area contributed by atoms with E-state index in [2.05, 4.69) is 0 Å². The number of rotatable bonds is 5. The molecule has 3 aromatic rings. The second-order valence-electron chi connectivity index (χ2n) is 6.86. The smallest absolute Gasteiger partial charge is 0.289 e. The molecule has 1 fully saturated rings. The molecule has 1 aliphatic heterocycles. The Morgan fingerprint density at radius 3 is 2.07 bits per heavy atom. The van der Waals surface area contributed by atoms with Crippen LogP contribution in [0, 0.1) is 0 Å². The fourth-order valence-electron chi connectivity index (χ4n) is 3.29. The Bertz CT molecular complexity index is 944. The molecule has 0 atom stereocenters. The van der Waals surface area contributed by atoms with Crippen LogP contribution in [0.2, 0.25) is 0 Å². The SMILES string of the molecule is O=C(c1ccc(OCc2ccccc2)cc1)N1CCN(C(=O)c2ccco2)CC1. The average Bonchev–Trinajstić information content (AvgIpc) is 3.33. The normalized spacial score (nSPS) is 13.9. The Hall–Kier alpha value is -3.54. The zero-order valence-corrected chi connectivity index (χ0v) is 16.0. The Kier molecular flexibility index (Phi) is 5.61. The van der Waals surface area contributed by atoms with Crippen molar-refractivity contribution in [2.45, 2.75) is 6.61 Å². The summed E-state index contributed by atoms with van der Waals surface area (Å²) in [5, 5.41) is 0. The van der Waals surface area contributed by atoms with Gasteiger partial charge >= 0.3 is 0 Å². The number of nitrogens with zero attached hydrogens (tertiary/aromatic N) is 2. The Labute approximate surface area is 169 Å². The molecule has 0 spiro atoms. The molecule has 0 aliphatic carbocycles. The van der Waals surface area contributed by atoms with E-state index in [1.807, 2.05) is 42.5 Å². The molecule has 0 radical (unpaired) electrons. The average molecular weight is 390 g/mol. The monoisotopic (exact) mass is 390 g/mol. The van der Waals surface area contributed by atoms with E-state index in [4.69, 9.17) is 9.15 Å². The standard InChI is InChI=1S/C23H22N2O4/c26-22(24-12-14-25(15-13-24)23(27)21-7-4-16-28-21)19-8-10-20(11-9-19)29-17-18-5-2-1-3-6-18/h1-11,16H,12-15,17H2. The first-order chi connectivity index (χ1) is 14.2. The lowest BCUT2D eigenvalue weighted by Crippen LogP contribution is -2.50. The van der Waals surface area contributed by atoms with Crippen LogP contribution in [0.15, 0.2) is 77.4 Å². The van der Waals surface area contributed by atoms with Crippen LogP contribution in [0.4, 0.5) is 0 Å². The number of ether oxygens (including phenoxy) is 1. The van der Waals surface area contributed by atoms with E-state index in [-0.39, 0.29) is 11.8 Å². The maximum atomic E-state index is 12.8. The van der Waals surface area contributed by atoms with Gasteiger partial charge in [0.05, 0.1) is 6.26 Å². The molecule has 1 aromatic heterocycles. The highest BCUT2D eigenvalue weighted by Crippen LogP contribution is 2.17. The molecule has 0 saturated carbocycles. The highest BCUT2D eigenvalue weighted by atomic mass is 16.5. The lowest BCUT2D eigenvalue weighted by atomic mass is 10.1. The van der Waals surface area contributed by atoms with Gasteiger partial charge in [0, 0.05) is 31.7 Å². The maximum Gasteiger partial charge on any atom is 0.289 e. The second-order valence-corrected chi connectivity index (χ2v) is 6.86. The summed E-state index contributed by atoms with van der Waals surface area (Å²) in [6.45, 7) is 2.46. The van der Waals surface area contributed by atoms with E-state index in [0.717, 1.165) is 11.3 Å². The van der Waals surface area contributed by atoms with E-state index < -0.39 is 0 Å². The van der Waals surface area contributed by atoms with E-state index in [0.29, 0.717) is 44.1 Å². The Morgan fingerprint density at radius 2 is 1.45 bits per heavy atom. The predicted octanol–water partition coefficient (Wildman–Crippen LogP) is 3.46. The third-order valence-electron chi connectivity index (χ3n) is 4.94. The van der Waals surface area contributed by atoms with Crippen molar-refractivity contribution in [3.8, 4) is 5.75 Å². The number of benzene rings is 2. The molecular weight excluding hydrogens is 368 g/mol. The van der Waals surface area contributed by atoms with Gasteiger partial charge in [0.2, 0.25) is 0 Å². The van der Waals surface area contributed by atoms with Crippen molar-refractivity contribution >= 4 is 11.8 Å². The highest BCUT2D eigenvalue weighted by Gasteiger charge is 2.26. The van der Waals surface area contributed by atoms with Gasteiger partial charge in [0.1, 0.15) is 12.4 Å². The minimum atomic E-state index is -0.137. The first-order valence-corrected chi connectivity index (χ1v) is 9.59. The largest absolute Gasteiger partial charge is 0.489 e. The van der Waals surface area contributed by atoms with Crippen LogP contribution < -0.4 is 4.74 Å². The quantitative estimate of drug-likeness (QED) is 0.669. The third-order valence-corrected chi connectivity index (χ3v) is 4.94. The van der Waals surface area contributed by atoms with E-state index in [1.165, 1.54) is 6.26 Å². The third kappa shape index (κ3) is 4.48. The van der Waals surface area contributed by atoms with Crippen molar-refractivity contribution in [2.75, 3.05) is 26.2 Å². The number of hydrogen-bond donors (Lipinski definition) is 0. The molecule has 4 rings (SSSR count). The summed E-state index contributed by atoms with van der Waals surface area (Å²) in [5.41, 5.74) is 1.71. The van der Waals surface area contributed by atoms with Crippen molar-refractivity contribution < 1.29 is 18.7 Å². The van der Waals surface area contributed by atoms with Crippen molar-refractivity contribution in [3.63, 3.8) is 0 Å². The lowest BCUT2D eigenvalue weighted by molar-refractivity contribution is 0.0518. The van der Waals surface area contributed by atoms with Crippen LogP contribution >= 0.6 is 0 Å². The van der Waals surface area contributed by atoms with E-state index >= 15 is 0 Å². The van der Waals surface area contributed by atoms with Crippen LogP contribution in [-0.2, 0) is 6.61 Å². The summed E-state index contributed by atoms with van der Waals surface area (Å²) in [6.07, 6.45) is 1.49. The number of carbonyl (C=O) groups is 2. The second kappa shape index (κ2) is 8.65. The van der Waals surface area contributed by atoms with Crippen LogP contribution in [0.3, 0.4) is 0 Å². The van der Waals surface area contributed by atoms with Crippen LogP contribution in [-0.4, -0.2) is 47.8 Å². The Morgan fingerprint density at radius 1 is 0.793 bits per heavy atom. The van der Waals surface area contributed by atoms with Crippen molar-refractivity contribution in [1.82, 2.24) is 9.80 Å². The molecule has 1 saturated heterocycles.